The van der Waals surface area contributed by atoms with Crippen molar-refractivity contribution in [2.75, 3.05) is 13.1 Å². The summed E-state index contributed by atoms with van der Waals surface area (Å²) in [6.45, 7) is 2.43. The van der Waals surface area contributed by atoms with Crippen molar-refractivity contribution in [1.29, 1.82) is 0 Å². The van der Waals surface area contributed by atoms with E-state index >= 15 is 0 Å². The molecule has 1 fully saturated rings. The molecule has 1 atom stereocenters. The number of piperidine rings is 1. The van der Waals surface area contributed by atoms with Gasteiger partial charge in [-0.3, -0.25) is 4.90 Å². The lowest BCUT2D eigenvalue weighted by molar-refractivity contribution is 0.139. The number of hydrogen-bond donors (Lipinski definition) is 1. The van der Waals surface area contributed by atoms with E-state index in [9.17, 15) is 0 Å². The lowest BCUT2D eigenvalue weighted by Crippen LogP contribution is -2.48. The van der Waals surface area contributed by atoms with Crippen molar-refractivity contribution < 1.29 is 0 Å². The first-order valence-electron chi connectivity index (χ1n) is 4.12. The summed E-state index contributed by atoms with van der Waals surface area (Å²) in [6.07, 6.45) is 9.03. The Kier molecular flexibility index (Phi) is 1.63. The van der Waals surface area contributed by atoms with Gasteiger partial charge in [-0.1, -0.05) is 6.08 Å². The molecule has 2 nitrogen and oxygen atoms in total. The third-order valence-electron chi connectivity index (χ3n) is 2.36. The van der Waals surface area contributed by atoms with Crippen LogP contribution in [0, 0.1) is 0 Å². The van der Waals surface area contributed by atoms with E-state index in [2.05, 4.69) is 22.5 Å². The molecule has 0 spiro atoms. The second kappa shape index (κ2) is 2.62. The van der Waals surface area contributed by atoms with Crippen LogP contribution in [0.2, 0.25) is 0 Å². The molecule has 0 aromatic carbocycles. The maximum atomic E-state index is 3.37. The minimum atomic E-state index is 0.652. The van der Waals surface area contributed by atoms with E-state index < -0.39 is 0 Å². The van der Waals surface area contributed by atoms with Crippen molar-refractivity contribution in [2.45, 2.75) is 25.4 Å². The highest BCUT2D eigenvalue weighted by atomic mass is 15.3. The molecule has 2 aliphatic rings. The number of rotatable bonds is 0. The zero-order chi connectivity index (χ0) is 6.81. The van der Waals surface area contributed by atoms with E-state index in [4.69, 9.17) is 0 Å². The Labute approximate surface area is 61.9 Å². The van der Waals surface area contributed by atoms with Crippen LogP contribution in [0.15, 0.2) is 12.3 Å². The van der Waals surface area contributed by atoms with Gasteiger partial charge in [0.25, 0.3) is 0 Å². The predicted octanol–water partition coefficient (Wildman–Crippen LogP) is 0.915. The molecule has 2 heteroatoms. The van der Waals surface area contributed by atoms with Gasteiger partial charge in [0.15, 0.2) is 0 Å². The van der Waals surface area contributed by atoms with Crippen LogP contribution in [-0.2, 0) is 0 Å². The van der Waals surface area contributed by atoms with Gasteiger partial charge in [0.2, 0.25) is 0 Å². The van der Waals surface area contributed by atoms with Crippen LogP contribution < -0.4 is 5.32 Å². The van der Waals surface area contributed by atoms with Gasteiger partial charge in [-0.15, -0.1) is 0 Å². The third kappa shape index (κ3) is 1.03. The Morgan fingerprint density at radius 3 is 3.30 bits per heavy atom. The monoisotopic (exact) mass is 138 g/mol. The smallest absolute Gasteiger partial charge is 0.0790 e. The first kappa shape index (κ1) is 6.23. The van der Waals surface area contributed by atoms with E-state index in [0.29, 0.717) is 6.17 Å². The molecule has 0 saturated carbocycles. The zero-order valence-electron chi connectivity index (χ0n) is 6.21. The van der Waals surface area contributed by atoms with Crippen LogP contribution in [-0.4, -0.2) is 24.2 Å². The molecule has 56 valence electrons. The molecule has 2 aliphatic heterocycles. The average Bonchev–Trinajstić information content (AvgIpc) is 2.05. The van der Waals surface area contributed by atoms with Crippen LogP contribution in [0.5, 0.6) is 0 Å². The molecule has 0 radical (unpaired) electrons. The highest BCUT2D eigenvalue weighted by Crippen LogP contribution is 2.16. The van der Waals surface area contributed by atoms with Gasteiger partial charge in [-0.25, -0.2) is 0 Å². The topological polar surface area (TPSA) is 15.3 Å². The Bertz CT molecular complexity index is 126. The third-order valence-corrected chi connectivity index (χ3v) is 2.36. The second-order valence-electron chi connectivity index (χ2n) is 3.08. The Morgan fingerprint density at radius 2 is 2.40 bits per heavy atom. The number of nitrogens with one attached hydrogen (secondary N) is 1. The maximum absolute atomic E-state index is 3.37. The minimum Gasteiger partial charge on any atom is -0.376 e. The molecule has 1 unspecified atom stereocenters. The van der Waals surface area contributed by atoms with Crippen molar-refractivity contribution in [3.63, 3.8) is 0 Å². The predicted molar refractivity (Wildman–Crippen MR) is 41.5 cm³/mol. The number of hydrogen-bond acceptors (Lipinski definition) is 2. The fourth-order valence-corrected chi connectivity index (χ4v) is 1.77. The number of nitrogens with zero attached hydrogens (tertiary/aromatic N) is 1. The minimum absolute atomic E-state index is 0.652. The van der Waals surface area contributed by atoms with Crippen molar-refractivity contribution in [2.24, 2.45) is 0 Å². The second-order valence-corrected chi connectivity index (χ2v) is 3.08. The van der Waals surface area contributed by atoms with Crippen LogP contribution in [0.25, 0.3) is 0 Å². The lowest BCUT2D eigenvalue weighted by Gasteiger charge is -2.37. The Hall–Kier alpha value is -0.500. The molecular weight excluding hydrogens is 124 g/mol. The fourth-order valence-electron chi connectivity index (χ4n) is 1.77. The fraction of sp³-hybridized carbons (Fsp3) is 0.750. The molecule has 0 amide bonds. The van der Waals surface area contributed by atoms with E-state index in [1.54, 1.807) is 0 Å². The van der Waals surface area contributed by atoms with Crippen molar-refractivity contribution in [3.05, 3.63) is 12.3 Å². The first-order valence-corrected chi connectivity index (χ1v) is 4.12. The van der Waals surface area contributed by atoms with E-state index in [1.165, 1.54) is 25.8 Å². The molecule has 1 N–H and O–H groups in total. The van der Waals surface area contributed by atoms with Crippen molar-refractivity contribution >= 4 is 0 Å². The zero-order valence-corrected chi connectivity index (χ0v) is 6.21. The highest BCUT2D eigenvalue weighted by molar-refractivity contribution is 4.93. The van der Waals surface area contributed by atoms with Crippen LogP contribution in [0.3, 0.4) is 0 Å². The van der Waals surface area contributed by atoms with Crippen molar-refractivity contribution in [1.82, 2.24) is 10.2 Å². The molecular formula is C8H14N2. The summed E-state index contributed by atoms with van der Waals surface area (Å²) in [6, 6.07) is 0. The lowest BCUT2D eigenvalue weighted by atomic mass is 10.1. The normalized spacial score (nSPS) is 33.0. The van der Waals surface area contributed by atoms with Crippen LogP contribution >= 0.6 is 0 Å². The summed E-state index contributed by atoms with van der Waals surface area (Å²) in [5.74, 6) is 0. The standard InChI is InChI=1S/C8H14N2/c1-2-6-10-7-3-5-9-8(10)4-1/h3,5,8-9H,1-2,4,6-7H2. The largest absolute Gasteiger partial charge is 0.376 e. The van der Waals surface area contributed by atoms with E-state index in [-0.39, 0.29) is 0 Å². The summed E-state index contributed by atoms with van der Waals surface area (Å²) >= 11 is 0. The molecule has 10 heavy (non-hydrogen) atoms. The van der Waals surface area contributed by atoms with E-state index in [0.717, 1.165) is 6.54 Å². The SMILES string of the molecule is C1=CNC2CCCCN2C1. The molecule has 1 saturated heterocycles. The average molecular weight is 138 g/mol. The Balaban J connectivity index is 2.01. The maximum Gasteiger partial charge on any atom is 0.0790 e. The quantitative estimate of drug-likeness (QED) is 0.535. The van der Waals surface area contributed by atoms with Crippen LogP contribution in [0.4, 0.5) is 0 Å². The molecule has 2 heterocycles. The van der Waals surface area contributed by atoms with E-state index in [1.807, 2.05) is 0 Å². The van der Waals surface area contributed by atoms with Crippen molar-refractivity contribution in [3.8, 4) is 0 Å². The molecule has 0 aliphatic carbocycles. The van der Waals surface area contributed by atoms with Gasteiger partial charge in [0.1, 0.15) is 0 Å². The summed E-state index contributed by atoms with van der Waals surface area (Å²) < 4.78 is 0. The molecule has 0 aromatic heterocycles. The summed E-state index contributed by atoms with van der Waals surface area (Å²) in [4.78, 5) is 2.50. The molecule has 0 bridgehead atoms. The van der Waals surface area contributed by atoms with Gasteiger partial charge in [-0.05, 0) is 25.5 Å². The first-order chi connectivity index (χ1) is 4.97. The van der Waals surface area contributed by atoms with Gasteiger partial charge in [0.05, 0.1) is 6.17 Å². The van der Waals surface area contributed by atoms with Gasteiger partial charge < -0.3 is 5.32 Å². The highest BCUT2D eigenvalue weighted by Gasteiger charge is 2.21. The summed E-state index contributed by atoms with van der Waals surface area (Å²) in [5.41, 5.74) is 0. The van der Waals surface area contributed by atoms with Gasteiger partial charge in [-0.2, -0.15) is 0 Å². The Morgan fingerprint density at radius 1 is 1.40 bits per heavy atom. The van der Waals surface area contributed by atoms with Crippen LogP contribution in [0.1, 0.15) is 19.3 Å². The molecule has 0 aromatic rings. The van der Waals surface area contributed by atoms with Gasteiger partial charge in [0, 0.05) is 13.1 Å². The summed E-state index contributed by atoms with van der Waals surface area (Å²) in [7, 11) is 0. The number of fused-ring (bicyclic) bond motifs is 1. The van der Waals surface area contributed by atoms with Gasteiger partial charge >= 0.3 is 0 Å². The molecule has 2 rings (SSSR count). The summed E-state index contributed by atoms with van der Waals surface area (Å²) in [5, 5.41) is 3.37.